The van der Waals surface area contributed by atoms with E-state index in [-0.39, 0.29) is 11.9 Å². The molecule has 1 atom stereocenters. The predicted octanol–water partition coefficient (Wildman–Crippen LogP) is 2.87. The molecule has 0 unspecified atom stereocenters. The Morgan fingerprint density at radius 2 is 2.23 bits per heavy atom. The van der Waals surface area contributed by atoms with Crippen LogP contribution in [0.1, 0.15) is 53.5 Å². The molecule has 2 aromatic rings. The maximum atomic E-state index is 12.1. The molecule has 0 bridgehead atoms. The quantitative estimate of drug-likeness (QED) is 0.880. The second-order valence-corrected chi connectivity index (χ2v) is 7.60. The van der Waals surface area contributed by atoms with Crippen molar-refractivity contribution in [1.29, 1.82) is 0 Å². The van der Waals surface area contributed by atoms with Crippen LogP contribution in [0.2, 0.25) is 0 Å². The Bertz CT molecular complexity index is 641. The van der Waals surface area contributed by atoms with Gasteiger partial charge in [-0.25, -0.2) is 9.97 Å². The van der Waals surface area contributed by atoms with Gasteiger partial charge < -0.3 is 11.1 Å². The van der Waals surface area contributed by atoms with Gasteiger partial charge in [0.25, 0.3) is 0 Å². The van der Waals surface area contributed by atoms with Crippen molar-refractivity contribution >= 4 is 33.7 Å². The molecule has 2 aromatic heterocycles. The molecule has 2 heterocycles. The van der Waals surface area contributed by atoms with Crippen LogP contribution in [-0.2, 0) is 24.1 Å². The number of amides is 1. The first kappa shape index (κ1) is 15.4. The highest BCUT2D eigenvalue weighted by Gasteiger charge is 2.19. The number of aryl methyl sites for hydroxylation is 3. The minimum Gasteiger partial charge on any atom is -0.375 e. The molecular formula is C15H20N4OS2. The van der Waals surface area contributed by atoms with Gasteiger partial charge in [0.2, 0.25) is 5.91 Å². The van der Waals surface area contributed by atoms with Gasteiger partial charge in [-0.15, -0.1) is 22.7 Å². The second-order valence-electron chi connectivity index (χ2n) is 5.60. The number of nitrogens with zero attached hydrogens (tertiary/aromatic N) is 2. The Morgan fingerprint density at radius 3 is 2.95 bits per heavy atom. The number of nitrogens with two attached hydrogens (primary N) is 1. The topological polar surface area (TPSA) is 80.9 Å². The zero-order valence-corrected chi connectivity index (χ0v) is 14.2. The number of fused-ring (bicyclic) bond motifs is 1. The molecule has 0 spiro atoms. The summed E-state index contributed by atoms with van der Waals surface area (Å²) in [5.41, 5.74) is 7.71. The van der Waals surface area contributed by atoms with Crippen molar-refractivity contribution in [3.05, 3.63) is 26.7 Å². The number of aromatic nitrogens is 2. The van der Waals surface area contributed by atoms with Crippen LogP contribution in [0.5, 0.6) is 0 Å². The summed E-state index contributed by atoms with van der Waals surface area (Å²) in [4.78, 5) is 22.3. The molecule has 0 saturated carbocycles. The molecule has 0 aliphatic heterocycles. The van der Waals surface area contributed by atoms with Crippen LogP contribution in [0, 0.1) is 0 Å². The Hall–Kier alpha value is -1.47. The van der Waals surface area contributed by atoms with Crippen molar-refractivity contribution in [2.75, 3.05) is 5.73 Å². The SMILES string of the molecule is C[C@H](NC(=O)CCc1csc(N)n1)c1nc2c(s1)CCCC2. The lowest BCUT2D eigenvalue weighted by molar-refractivity contribution is -0.121. The first-order chi connectivity index (χ1) is 10.6. The van der Waals surface area contributed by atoms with Crippen LogP contribution in [0.25, 0.3) is 0 Å². The minimum atomic E-state index is -0.0244. The molecule has 3 rings (SSSR count). The Labute approximate surface area is 138 Å². The molecular weight excluding hydrogens is 316 g/mol. The van der Waals surface area contributed by atoms with Gasteiger partial charge in [-0.3, -0.25) is 4.79 Å². The van der Waals surface area contributed by atoms with Gasteiger partial charge in [0.1, 0.15) is 5.01 Å². The number of nitrogens with one attached hydrogen (secondary N) is 1. The van der Waals surface area contributed by atoms with Crippen LogP contribution in [0.4, 0.5) is 5.13 Å². The third-order valence-electron chi connectivity index (χ3n) is 3.79. The maximum absolute atomic E-state index is 12.1. The summed E-state index contributed by atoms with van der Waals surface area (Å²) >= 11 is 3.16. The third kappa shape index (κ3) is 3.64. The van der Waals surface area contributed by atoms with E-state index >= 15 is 0 Å². The molecule has 5 nitrogen and oxygen atoms in total. The molecule has 3 N–H and O–H groups in total. The Morgan fingerprint density at radius 1 is 1.41 bits per heavy atom. The predicted molar refractivity (Wildman–Crippen MR) is 90.2 cm³/mol. The van der Waals surface area contributed by atoms with Crippen molar-refractivity contribution < 1.29 is 4.79 Å². The average Bonchev–Trinajstić information content (AvgIpc) is 3.11. The van der Waals surface area contributed by atoms with Gasteiger partial charge in [-0.1, -0.05) is 0 Å². The van der Waals surface area contributed by atoms with Crippen molar-refractivity contribution in [1.82, 2.24) is 15.3 Å². The highest BCUT2D eigenvalue weighted by Crippen LogP contribution is 2.29. The molecule has 1 aliphatic rings. The van der Waals surface area contributed by atoms with E-state index in [4.69, 9.17) is 10.7 Å². The Balaban J connectivity index is 1.53. The van der Waals surface area contributed by atoms with Crippen molar-refractivity contribution in [2.24, 2.45) is 0 Å². The fourth-order valence-electron chi connectivity index (χ4n) is 2.61. The summed E-state index contributed by atoms with van der Waals surface area (Å²) < 4.78 is 0. The molecule has 1 amide bonds. The summed E-state index contributed by atoms with van der Waals surface area (Å²) in [5.74, 6) is 0.0345. The summed E-state index contributed by atoms with van der Waals surface area (Å²) in [6, 6.07) is -0.0244. The largest absolute Gasteiger partial charge is 0.375 e. The molecule has 0 saturated heterocycles. The van der Waals surface area contributed by atoms with Crippen LogP contribution >= 0.6 is 22.7 Å². The van der Waals surface area contributed by atoms with Crippen LogP contribution in [0.15, 0.2) is 5.38 Å². The number of nitrogen functional groups attached to an aromatic ring is 1. The summed E-state index contributed by atoms with van der Waals surface area (Å²) in [5, 5.41) is 6.52. The van der Waals surface area contributed by atoms with Crippen LogP contribution in [0.3, 0.4) is 0 Å². The van der Waals surface area contributed by atoms with E-state index in [2.05, 4.69) is 10.3 Å². The fraction of sp³-hybridized carbons (Fsp3) is 0.533. The summed E-state index contributed by atoms with van der Waals surface area (Å²) in [7, 11) is 0. The molecule has 0 radical (unpaired) electrons. The van der Waals surface area contributed by atoms with Crippen molar-refractivity contribution in [3.8, 4) is 0 Å². The van der Waals surface area contributed by atoms with E-state index in [1.54, 1.807) is 11.3 Å². The molecule has 0 fully saturated rings. The number of rotatable bonds is 5. The number of hydrogen-bond donors (Lipinski definition) is 2. The van der Waals surface area contributed by atoms with Gasteiger partial charge in [-0.2, -0.15) is 0 Å². The molecule has 1 aliphatic carbocycles. The Kier molecular flexibility index (Phi) is 4.73. The van der Waals surface area contributed by atoms with E-state index in [0.29, 0.717) is 18.0 Å². The number of thiazole rings is 2. The van der Waals surface area contributed by atoms with E-state index in [9.17, 15) is 4.79 Å². The lowest BCUT2D eigenvalue weighted by Crippen LogP contribution is -2.26. The maximum Gasteiger partial charge on any atom is 0.220 e. The van der Waals surface area contributed by atoms with Crippen LogP contribution in [-0.4, -0.2) is 15.9 Å². The fourth-order valence-corrected chi connectivity index (χ4v) is 4.36. The first-order valence-corrected chi connectivity index (χ1v) is 9.29. The number of anilines is 1. The molecule has 22 heavy (non-hydrogen) atoms. The first-order valence-electron chi connectivity index (χ1n) is 7.59. The molecule has 118 valence electrons. The number of carbonyl (C=O) groups is 1. The van der Waals surface area contributed by atoms with E-state index < -0.39 is 0 Å². The standard InChI is InChI=1S/C15H20N4OS2/c1-9(14-19-11-4-2-3-5-12(11)22-14)17-13(20)7-6-10-8-21-15(16)18-10/h8-9H,2-7H2,1H3,(H2,16,18)(H,17,20)/t9-/m0/s1. The highest BCUT2D eigenvalue weighted by atomic mass is 32.1. The van der Waals surface area contributed by atoms with Gasteiger partial charge in [0.15, 0.2) is 5.13 Å². The zero-order chi connectivity index (χ0) is 15.5. The van der Waals surface area contributed by atoms with Gasteiger partial charge in [-0.05, 0) is 39.0 Å². The smallest absolute Gasteiger partial charge is 0.220 e. The number of carbonyl (C=O) groups excluding carboxylic acids is 1. The zero-order valence-electron chi connectivity index (χ0n) is 12.6. The minimum absolute atomic E-state index is 0.0244. The second kappa shape index (κ2) is 6.75. The number of hydrogen-bond acceptors (Lipinski definition) is 6. The summed E-state index contributed by atoms with van der Waals surface area (Å²) in [6.45, 7) is 2.00. The van der Waals surface area contributed by atoms with E-state index in [1.165, 1.54) is 34.7 Å². The lowest BCUT2D eigenvalue weighted by atomic mass is 10.0. The highest BCUT2D eigenvalue weighted by molar-refractivity contribution is 7.13. The van der Waals surface area contributed by atoms with Gasteiger partial charge in [0.05, 0.1) is 17.4 Å². The van der Waals surface area contributed by atoms with Gasteiger partial charge >= 0.3 is 0 Å². The summed E-state index contributed by atoms with van der Waals surface area (Å²) in [6.07, 6.45) is 5.76. The van der Waals surface area contributed by atoms with Crippen molar-refractivity contribution in [2.45, 2.75) is 51.5 Å². The van der Waals surface area contributed by atoms with Gasteiger partial charge in [0, 0.05) is 16.7 Å². The van der Waals surface area contributed by atoms with Crippen molar-refractivity contribution in [3.63, 3.8) is 0 Å². The average molecular weight is 336 g/mol. The van der Waals surface area contributed by atoms with Crippen LogP contribution < -0.4 is 11.1 Å². The van der Waals surface area contributed by atoms with E-state index in [0.717, 1.165) is 23.5 Å². The van der Waals surface area contributed by atoms with E-state index in [1.807, 2.05) is 12.3 Å². The third-order valence-corrected chi connectivity index (χ3v) is 5.85. The lowest BCUT2D eigenvalue weighted by Gasteiger charge is -2.10. The molecule has 7 heteroatoms. The molecule has 0 aromatic carbocycles. The monoisotopic (exact) mass is 336 g/mol. The normalized spacial score (nSPS) is 15.3.